The summed E-state index contributed by atoms with van der Waals surface area (Å²) in [5.41, 5.74) is 0. The average molecular weight is 321 g/mol. The Balaban J connectivity index is -0.000000252. The third-order valence-electron chi connectivity index (χ3n) is 3.23. The number of hydrogen-bond acceptors (Lipinski definition) is 3. The maximum Gasteiger partial charge on any atom is 0.0433 e. The highest BCUT2D eigenvalue weighted by Crippen LogP contribution is 2.03. The standard InChI is InChI=1S/C8H18O.C6H14O.C5H12O/c1-2-3-4-5-6-7-8-9;1-2-3-4-5-6-7;1-5(2)3-4-6/h9H,2-8H2,1H3;7H,2-6H2,1H3;5-6H,3-4H2,1-2H3. The van der Waals surface area contributed by atoms with Crippen LogP contribution in [0.1, 0.15) is 98.3 Å². The maximum absolute atomic E-state index is 8.42. The zero-order chi connectivity index (χ0) is 17.5. The van der Waals surface area contributed by atoms with E-state index in [0.717, 1.165) is 19.3 Å². The van der Waals surface area contributed by atoms with Crippen LogP contribution in [0.15, 0.2) is 0 Å². The van der Waals surface area contributed by atoms with Gasteiger partial charge in [-0.15, -0.1) is 0 Å². The fourth-order valence-electron chi connectivity index (χ4n) is 1.69. The first-order valence-electron chi connectivity index (χ1n) is 9.43. The summed E-state index contributed by atoms with van der Waals surface area (Å²) in [7, 11) is 0. The Bertz CT molecular complexity index is 140. The van der Waals surface area contributed by atoms with Crippen molar-refractivity contribution in [2.45, 2.75) is 98.3 Å². The minimum absolute atomic E-state index is 0.331. The number of unbranched alkanes of at least 4 members (excludes halogenated alkanes) is 8. The maximum atomic E-state index is 8.42. The fraction of sp³-hybridized carbons (Fsp3) is 1.00. The van der Waals surface area contributed by atoms with Gasteiger partial charge in [0, 0.05) is 19.8 Å². The average Bonchev–Trinajstić information content (AvgIpc) is 2.49. The van der Waals surface area contributed by atoms with Gasteiger partial charge in [0.05, 0.1) is 0 Å². The van der Waals surface area contributed by atoms with E-state index < -0.39 is 0 Å². The predicted molar refractivity (Wildman–Crippen MR) is 98.2 cm³/mol. The lowest BCUT2D eigenvalue weighted by Gasteiger charge is -1.95. The minimum atomic E-state index is 0.331. The van der Waals surface area contributed by atoms with Crippen LogP contribution in [0.2, 0.25) is 0 Å². The molecule has 0 amide bonds. The van der Waals surface area contributed by atoms with Gasteiger partial charge in [-0.05, 0) is 25.2 Å². The molecule has 0 fully saturated rings. The van der Waals surface area contributed by atoms with Gasteiger partial charge in [-0.3, -0.25) is 0 Å². The lowest BCUT2D eigenvalue weighted by Crippen LogP contribution is -1.89. The topological polar surface area (TPSA) is 60.7 Å². The van der Waals surface area contributed by atoms with Gasteiger partial charge in [0.1, 0.15) is 0 Å². The van der Waals surface area contributed by atoms with E-state index in [2.05, 4.69) is 27.7 Å². The van der Waals surface area contributed by atoms with Gasteiger partial charge < -0.3 is 15.3 Å². The molecule has 3 N–H and O–H groups in total. The molecule has 0 aromatic carbocycles. The van der Waals surface area contributed by atoms with Crippen molar-refractivity contribution in [3.63, 3.8) is 0 Å². The van der Waals surface area contributed by atoms with Gasteiger partial charge in [-0.1, -0.05) is 79.1 Å². The number of aliphatic hydroxyl groups excluding tert-OH is 3. The summed E-state index contributed by atoms with van der Waals surface area (Å²) < 4.78 is 0. The highest BCUT2D eigenvalue weighted by Gasteiger charge is 1.87. The molecular formula is C19H44O3. The predicted octanol–water partition coefficient (Wildman–Crippen LogP) is 4.92. The molecule has 0 saturated heterocycles. The van der Waals surface area contributed by atoms with Crippen LogP contribution in [-0.4, -0.2) is 35.1 Å². The van der Waals surface area contributed by atoms with Crippen molar-refractivity contribution >= 4 is 0 Å². The van der Waals surface area contributed by atoms with Crippen LogP contribution in [0.3, 0.4) is 0 Å². The van der Waals surface area contributed by atoms with Crippen LogP contribution in [0, 0.1) is 5.92 Å². The monoisotopic (exact) mass is 320 g/mol. The molecule has 0 atom stereocenters. The Morgan fingerprint density at radius 3 is 1.18 bits per heavy atom. The molecule has 0 rings (SSSR count). The third-order valence-corrected chi connectivity index (χ3v) is 3.23. The Labute approximate surface area is 140 Å². The quantitative estimate of drug-likeness (QED) is 0.447. The van der Waals surface area contributed by atoms with E-state index in [4.69, 9.17) is 15.3 Å². The normalized spacial score (nSPS) is 9.82. The summed E-state index contributed by atoms with van der Waals surface area (Å²) in [6.07, 6.45) is 13.1. The van der Waals surface area contributed by atoms with E-state index in [0.29, 0.717) is 25.7 Å². The lowest BCUT2D eigenvalue weighted by atomic mass is 10.1. The molecular weight excluding hydrogens is 276 g/mol. The number of rotatable bonds is 12. The van der Waals surface area contributed by atoms with Crippen molar-refractivity contribution in [2.24, 2.45) is 5.92 Å². The Morgan fingerprint density at radius 1 is 0.545 bits per heavy atom. The van der Waals surface area contributed by atoms with Gasteiger partial charge in [0.2, 0.25) is 0 Å². The molecule has 0 unspecified atom stereocenters. The zero-order valence-electron chi connectivity index (χ0n) is 15.8. The third kappa shape index (κ3) is 42.7. The van der Waals surface area contributed by atoms with E-state index >= 15 is 0 Å². The molecule has 0 radical (unpaired) electrons. The van der Waals surface area contributed by atoms with Crippen molar-refractivity contribution < 1.29 is 15.3 Å². The molecule has 0 aliphatic carbocycles. The van der Waals surface area contributed by atoms with Gasteiger partial charge in [0.25, 0.3) is 0 Å². The van der Waals surface area contributed by atoms with Crippen molar-refractivity contribution in [3.8, 4) is 0 Å². The van der Waals surface area contributed by atoms with Gasteiger partial charge >= 0.3 is 0 Å². The Hall–Kier alpha value is -0.120. The lowest BCUT2D eigenvalue weighted by molar-refractivity contribution is 0.268. The first-order valence-corrected chi connectivity index (χ1v) is 9.43. The van der Waals surface area contributed by atoms with Crippen LogP contribution in [-0.2, 0) is 0 Å². The molecule has 0 aromatic rings. The molecule has 0 aromatic heterocycles. The summed E-state index contributed by atoms with van der Waals surface area (Å²) >= 11 is 0. The molecule has 0 heterocycles. The van der Waals surface area contributed by atoms with Crippen molar-refractivity contribution in [2.75, 3.05) is 19.8 Å². The molecule has 22 heavy (non-hydrogen) atoms. The summed E-state index contributed by atoms with van der Waals surface area (Å²) in [5, 5.41) is 25.0. The van der Waals surface area contributed by atoms with E-state index in [1.54, 1.807) is 0 Å². The van der Waals surface area contributed by atoms with Crippen LogP contribution < -0.4 is 0 Å². The van der Waals surface area contributed by atoms with Crippen LogP contribution in [0.25, 0.3) is 0 Å². The molecule has 3 nitrogen and oxygen atoms in total. The molecule has 0 spiro atoms. The van der Waals surface area contributed by atoms with E-state index in [1.807, 2.05) is 0 Å². The molecule has 3 heteroatoms. The zero-order valence-corrected chi connectivity index (χ0v) is 15.8. The Morgan fingerprint density at radius 2 is 0.909 bits per heavy atom. The van der Waals surface area contributed by atoms with Gasteiger partial charge in [0.15, 0.2) is 0 Å². The van der Waals surface area contributed by atoms with E-state index in [-0.39, 0.29) is 0 Å². The van der Waals surface area contributed by atoms with Crippen molar-refractivity contribution in [3.05, 3.63) is 0 Å². The SMILES string of the molecule is CC(C)CCO.CCCCCCCCO.CCCCCCO. The highest BCUT2D eigenvalue weighted by molar-refractivity contribution is 4.41. The van der Waals surface area contributed by atoms with Gasteiger partial charge in [-0.2, -0.15) is 0 Å². The van der Waals surface area contributed by atoms with E-state index in [9.17, 15) is 0 Å². The minimum Gasteiger partial charge on any atom is -0.396 e. The smallest absolute Gasteiger partial charge is 0.0433 e. The summed E-state index contributed by atoms with van der Waals surface area (Å²) in [4.78, 5) is 0. The molecule has 138 valence electrons. The van der Waals surface area contributed by atoms with Crippen LogP contribution >= 0.6 is 0 Å². The number of aliphatic hydroxyl groups is 3. The second-order valence-corrected chi connectivity index (χ2v) is 6.18. The van der Waals surface area contributed by atoms with Gasteiger partial charge in [-0.25, -0.2) is 0 Å². The summed E-state index contributed by atoms with van der Waals surface area (Å²) in [5.74, 6) is 0.648. The van der Waals surface area contributed by atoms with Crippen LogP contribution in [0.4, 0.5) is 0 Å². The highest BCUT2D eigenvalue weighted by atomic mass is 16.3. The number of hydrogen-bond donors (Lipinski definition) is 3. The summed E-state index contributed by atoms with van der Waals surface area (Å²) in [6.45, 7) is 9.62. The molecule has 0 aliphatic heterocycles. The summed E-state index contributed by atoms with van der Waals surface area (Å²) in [6, 6.07) is 0. The Kier molecular flexibility index (Phi) is 35.2. The van der Waals surface area contributed by atoms with E-state index in [1.165, 1.54) is 51.4 Å². The molecule has 0 aliphatic rings. The van der Waals surface area contributed by atoms with Crippen LogP contribution in [0.5, 0.6) is 0 Å². The first kappa shape index (κ1) is 26.8. The first-order chi connectivity index (χ1) is 10.6. The van der Waals surface area contributed by atoms with Crippen molar-refractivity contribution in [1.29, 1.82) is 0 Å². The molecule has 0 bridgehead atoms. The molecule has 0 saturated carbocycles. The second-order valence-electron chi connectivity index (χ2n) is 6.18. The second kappa shape index (κ2) is 29.0. The fourth-order valence-corrected chi connectivity index (χ4v) is 1.69. The van der Waals surface area contributed by atoms with Crippen molar-refractivity contribution in [1.82, 2.24) is 0 Å². The largest absolute Gasteiger partial charge is 0.396 e.